The Labute approximate surface area is 129 Å². The second-order valence-electron chi connectivity index (χ2n) is 5.53. The van der Waals surface area contributed by atoms with Gasteiger partial charge < -0.3 is 14.2 Å². The molecular weight excluding hydrogens is 280 g/mol. The molecule has 116 valence electrons. The van der Waals surface area contributed by atoms with E-state index < -0.39 is 0 Å². The summed E-state index contributed by atoms with van der Waals surface area (Å²) in [5, 5.41) is 0. The summed E-state index contributed by atoms with van der Waals surface area (Å²) in [4.78, 5) is 22.3. The quantitative estimate of drug-likeness (QED) is 0.862. The molecule has 1 atom stereocenters. The highest BCUT2D eigenvalue weighted by atomic mass is 16.5. The predicted molar refractivity (Wildman–Crippen MR) is 81.2 cm³/mol. The van der Waals surface area contributed by atoms with Crippen LogP contribution in [0.5, 0.6) is 5.75 Å². The number of hydrogen-bond acceptors (Lipinski definition) is 4. The topological polar surface area (TPSA) is 60.2 Å². The summed E-state index contributed by atoms with van der Waals surface area (Å²) in [5.41, 5.74) is 1.07. The largest absolute Gasteiger partial charge is 0.492 e. The molecule has 0 saturated heterocycles. The third kappa shape index (κ3) is 3.27. The van der Waals surface area contributed by atoms with Gasteiger partial charge in [0.25, 0.3) is 0 Å². The number of imidazole rings is 1. The molecule has 3 heterocycles. The van der Waals surface area contributed by atoms with Crippen LogP contribution in [0.3, 0.4) is 0 Å². The van der Waals surface area contributed by atoms with Gasteiger partial charge in [-0.25, -0.2) is 4.98 Å². The van der Waals surface area contributed by atoms with Crippen LogP contribution >= 0.6 is 0 Å². The number of pyridine rings is 1. The van der Waals surface area contributed by atoms with Crippen molar-refractivity contribution in [2.45, 2.75) is 26.4 Å². The van der Waals surface area contributed by atoms with E-state index in [1.807, 2.05) is 36.5 Å². The second-order valence-corrected chi connectivity index (χ2v) is 5.53. The lowest BCUT2D eigenvalue weighted by Gasteiger charge is -2.23. The van der Waals surface area contributed by atoms with Crippen molar-refractivity contribution in [1.29, 1.82) is 0 Å². The first-order chi connectivity index (χ1) is 10.8. The van der Waals surface area contributed by atoms with Gasteiger partial charge in [0.1, 0.15) is 5.75 Å². The maximum absolute atomic E-state index is 12.1. The highest BCUT2D eigenvalue weighted by Crippen LogP contribution is 2.18. The van der Waals surface area contributed by atoms with Crippen molar-refractivity contribution in [2.24, 2.45) is 5.92 Å². The highest BCUT2D eigenvalue weighted by Gasteiger charge is 2.24. The van der Waals surface area contributed by atoms with Crippen LogP contribution in [-0.2, 0) is 17.9 Å². The summed E-state index contributed by atoms with van der Waals surface area (Å²) in [7, 11) is 0. The molecule has 0 radical (unpaired) electrons. The van der Waals surface area contributed by atoms with Crippen LogP contribution in [0.4, 0.5) is 0 Å². The molecule has 1 aliphatic rings. The Balaban J connectivity index is 1.71. The molecule has 0 fully saturated rings. The fourth-order valence-corrected chi connectivity index (χ4v) is 2.72. The van der Waals surface area contributed by atoms with E-state index in [-0.39, 0.29) is 11.8 Å². The Morgan fingerprint density at radius 2 is 2.27 bits per heavy atom. The molecule has 22 heavy (non-hydrogen) atoms. The fraction of sp³-hybridized carbons (Fsp3) is 0.438. The minimum atomic E-state index is 0.168. The lowest BCUT2D eigenvalue weighted by molar-refractivity contribution is -0.132. The molecule has 1 aliphatic heterocycles. The third-order valence-electron chi connectivity index (χ3n) is 3.86. The Hall–Kier alpha value is -2.37. The molecular formula is C16H20N4O2. The zero-order chi connectivity index (χ0) is 15.4. The van der Waals surface area contributed by atoms with E-state index in [0.29, 0.717) is 26.1 Å². The Morgan fingerprint density at radius 1 is 1.36 bits per heavy atom. The number of amides is 1. The van der Waals surface area contributed by atoms with Gasteiger partial charge in [-0.15, -0.1) is 0 Å². The Morgan fingerprint density at radius 3 is 3.05 bits per heavy atom. The summed E-state index contributed by atoms with van der Waals surface area (Å²) in [6.45, 7) is 4.58. The number of carbonyl (C=O) groups is 1. The van der Waals surface area contributed by atoms with Gasteiger partial charge >= 0.3 is 0 Å². The van der Waals surface area contributed by atoms with Crippen molar-refractivity contribution in [1.82, 2.24) is 19.4 Å². The van der Waals surface area contributed by atoms with Crippen LogP contribution in [0, 0.1) is 5.92 Å². The number of rotatable bonds is 4. The zero-order valence-corrected chi connectivity index (χ0v) is 12.7. The summed E-state index contributed by atoms with van der Waals surface area (Å²) in [5.74, 6) is 1.15. The van der Waals surface area contributed by atoms with Crippen LogP contribution in [0.15, 0.2) is 37.1 Å². The van der Waals surface area contributed by atoms with Gasteiger partial charge in [-0.2, -0.15) is 0 Å². The molecule has 1 unspecified atom stereocenters. The van der Waals surface area contributed by atoms with Crippen molar-refractivity contribution in [3.05, 3.63) is 42.7 Å². The monoisotopic (exact) mass is 300 g/mol. The van der Waals surface area contributed by atoms with Gasteiger partial charge in [-0.3, -0.25) is 9.78 Å². The smallest absolute Gasteiger partial charge is 0.222 e. The summed E-state index contributed by atoms with van der Waals surface area (Å²) < 4.78 is 7.93. The van der Waals surface area contributed by atoms with E-state index in [0.717, 1.165) is 18.0 Å². The van der Waals surface area contributed by atoms with E-state index >= 15 is 0 Å². The van der Waals surface area contributed by atoms with Crippen molar-refractivity contribution in [3.63, 3.8) is 0 Å². The summed E-state index contributed by atoms with van der Waals surface area (Å²) in [6.07, 6.45) is 7.60. The normalized spacial score (nSPS) is 17.7. The van der Waals surface area contributed by atoms with Crippen molar-refractivity contribution >= 4 is 5.91 Å². The lowest BCUT2D eigenvalue weighted by atomic mass is 10.1. The second kappa shape index (κ2) is 6.60. The standard InChI is InChI=1S/C16H20N4O2/c1-2-16(21)19-8-13(9-20-12-18-6-14(20)10-19)11-22-15-4-3-5-17-7-15/h3-7,12-13H,2,8-11H2,1H3. The molecule has 2 aromatic rings. The molecule has 3 rings (SSSR count). The molecule has 6 heteroatoms. The van der Waals surface area contributed by atoms with Crippen molar-refractivity contribution in [3.8, 4) is 5.75 Å². The number of hydrogen-bond donors (Lipinski definition) is 0. The first-order valence-corrected chi connectivity index (χ1v) is 7.56. The summed E-state index contributed by atoms with van der Waals surface area (Å²) >= 11 is 0. The minimum Gasteiger partial charge on any atom is -0.492 e. The van der Waals surface area contributed by atoms with Crippen molar-refractivity contribution < 1.29 is 9.53 Å². The summed E-state index contributed by atoms with van der Waals surface area (Å²) in [6, 6.07) is 3.74. The van der Waals surface area contributed by atoms with Gasteiger partial charge in [0.2, 0.25) is 5.91 Å². The van der Waals surface area contributed by atoms with Crippen LogP contribution in [0.1, 0.15) is 19.0 Å². The molecule has 1 amide bonds. The average Bonchev–Trinajstić information content (AvgIpc) is 2.91. The number of carbonyl (C=O) groups excluding carboxylic acids is 1. The van der Waals surface area contributed by atoms with Crippen LogP contribution in [-0.4, -0.2) is 38.5 Å². The maximum Gasteiger partial charge on any atom is 0.222 e. The first-order valence-electron chi connectivity index (χ1n) is 7.56. The lowest BCUT2D eigenvalue weighted by Crippen LogP contribution is -2.35. The molecule has 0 saturated carbocycles. The first kappa shape index (κ1) is 14.6. The van der Waals surface area contributed by atoms with Crippen LogP contribution in [0.2, 0.25) is 0 Å². The fourth-order valence-electron chi connectivity index (χ4n) is 2.72. The van der Waals surface area contributed by atoms with E-state index in [4.69, 9.17) is 4.74 Å². The van der Waals surface area contributed by atoms with E-state index in [1.165, 1.54) is 0 Å². The predicted octanol–water partition coefficient (Wildman–Crippen LogP) is 1.73. The molecule has 0 N–H and O–H groups in total. The molecule has 0 aromatic carbocycles. The van der Waals surface area contributed by atoms with Crippen LogP contribution < -0.4 is 4.74 Å². The Bertz CT molecular complexity index is 626. The van der Waals surface area contributed by atoms with Crippen molar-refractivity contribution in [2.75, 3.05) is 13.2 Å². The van der Waals surface area contributed by atoms with Gasteiger partial charge in [0.15, 0.2) is 0 Å². The highest BCUT2D eigenvalue weighted by molar-refractivity contribution is 5.75. The number of ether oxygens (including phenoxy) is 1. The van der Waals surface area contributed by atoms with E-state index in [2.05, 4.69) is 14.5 Å². The molecule has 0 spiro atoms. The zero-order valence-electron chi connectivity index (χ0n) is 12.7. The maximum atomic E-state index is 12.1. The number of nitrogens with zero attached hydrogens (tertiary/aromatic N) is 4. The minimum absolute atomic E-state index is 0.168. The molecule has 2 aromatic heterocycles. The van der Waals surface area contributed by atoms with E-state index in [1.54, 1.807) is 12.4 Å². The van der Waals surface area contributed by atoms with E-state index in [9.17, 15) is 4.79 Å². The van der Waals surface area contributed by atoms with Gasteiger partial charge in [0, 0.05) is 37.8 Å². The third-order valence-corrected chi connectivity index (χ3v) is 3.86. The van der Waals surface area contributed by atoms with Crippen LogP contribution in [0.25, 0.3) is 0 Å². The SMILES string of the molecule is CCC(=O)N1Cc2cncn2CC(COc2cccnc2)C1. The average molecular weight is 300 g/mol. The molecule has 6 nitrogen and oxygen atoms in total. The van der Waals surface area contributed by atoms with Gasteiger partial charge in [-0.05, 0) is 12.1 Å². The molecule has 0 bridgehead atoms. The van der Waals surface area contributed by atoms with Gasteiger partial charge in [-0.1, -0.05) is 6.92 Å². The Kier molecular flexibility index (Phi) is 4.37. The number of aromatic nitrogens is 3. The molecule has 0 aliphatic carbocycles. The number of fused-ring (bicyclic) bond motifs is 1. The van der Waals surface area contributed by atoms with Gasteiger partial charge in [0.05, 0.1) is 31.4 Å².